The molecule has 0 fully saturated rings. The van der Waals surface area contributed by atoms with Crippen molar-refractivity contribution in [1.29, 1.82) is 0 Å². The Balaban J connectivity index is 0.00000196. The summed E-state index contributed by atoms with van der Waals surface area (Å²) in [7, 11) is 0. The minimum absolute atomic E-state index is 0. The molecule has 1 aromatic carbocycles. The van der Waals surface area contributed by atoms with E-state index in [1.807, 2.05) is 0 Å². The van der Waals surface area contributed by atoms with Crippen LogP contribution in [0.3, 0.4) is 0 Å². The van der Waals surface area contributed by atoms with Gasteiger partial charge >= 0.3 is 6.18 Å². The van der Waals surface area contributed by atoms with Crippen LogP contribution in [-0.2, 0) is 6.18 Å². The topological polar surface area (TPSA) is 26.0 Å². The predicted octanol–water partition coefficient (Wildman–Crippen LogP) is 3.15. The van der Waals surface area contributed by atoms with E-state index in [9.17, 15) is 13.2 Å². The van der Waals surface area contributed by atoms with Gasteiger partial charge in [-0.2, -0.15) is 13.2 Å². The summed E-state index contributed by atoms with van der Waals surface area (Å²) in [6.45, 7) is 1.63. The van der Waals surface area contributed by atoms with Gasteiger partial charge in [-0.25, -0.2) is 0 Å². The van der Waals surface area contributed by atoms with Crippen molar-refractivity contribution in [3.63, 3.8) is 0 Å². The fourth-order valence-electron chi connectivity index (χ4n) is 0.896. The first-order chi connectivity index (χ1) is 6.32. The minimum Gasteiger partial charge on any atom is -0.324 e. The number of hydrogen-bond acceptors (Lipinski definition) is 1. The van der Waals surface area contributed by atoms with E-state index in [1.54, 1.807) is 6.92 Å². The van der Waals surface area contributed by atoms with Crippen LogP contribution in [0.2, 0.25) is 0 Å². The molecule has 0 heterocycles. The molecule has 14 heavy (non-hydrogen) atoms. The summed E-state index contributed by atoms with van der Waals surface area (Å²) in [4.78, 5) is 0. The Morgan fingerprint density at radius 1 is 1.36 bits per heavy atom. The van der Waals surface area contributed by atoms with Crippen molar-refractivity contribution in [2.75, 3.05) is 0 Å². The Morgan fingerprint density at radius 3 is 2.29 bits per heavy atom. The maximum atomic E-state index is 12.2. The van der Waals surface area contributed by atoms with Gasteiger partial charge in [0.1, 0.15) is 0 Å². The smallest absolute Gasteiger partial charge is 0.324 e. The molecule has 0 saturated carbocycles. The van der Waals surface area contributed by atoms with Crippen LogP contribution in [-0.4, -0.2) is 0 Å². The van der Waals surface area contributed by atoms with E-state index < -0.39 is 17.8 Å². The van der Waals surface area contributed by atoms with E-state index in [2.05, 4.69) is 0 Å². The lowest BCUT2D eigenvalue weighted by atomic mass is 10.1. The van der Waals surface area contributed by atoms with E-state index in [-0.39, 0.29) is 18.4 Å². The van der Waals surface area contributed by atoms with Gasteiger partial charge in [0.15, 0.2) is 0 Å². The van der Waals surface area contributed by atoms with Gasteiger partial charge in [-0.3, -0.25) is 0 Å². The summed E-state index contributed by atoms with van der Waals surface area (Å²) in [6.07, 6.45) is -4.40. The van der Waals surface area contributed by atoms with E-state index in [4.69, 9.17) is 7.10 Å². The number of alkyl halides is 3. The number of hydrogen-bond donors (Lipinski definition) is 1. The van der Waals surface area contributed by atoms with Gasteiger partial charge in [0, 0.05) is 6.04 Å². The van der Waals surface area contributed by atoms with Crippen molar-refractivity contribution in [3.05, 3.63) is 35.4 Å². The summed E-state index contributed by atoms with van der Waals surface area (Å²) in [6, 6.07) is 2.38. The highest BCUT2D eigenvalue weighted by Gasteiger charge is 2.29. The highest BCUT2D eigenvalue weighted by atomic mass is 35.5. The molecule has 0 amide bonds. The fraction of sp³-hybridized carbons (Fsp3) is 0.333. The van der Waals surface area contributed by atoms with Crippen LogP contribution in [0, 0.1) is 0 Å². The molecule has 0 aliphatic carbocycles. The summed E-state index contributed by atoms with van der Waals surface area (Å²) in [5.41, 5.74) is 5.07. The fourth-order valence-corrected chi connectivity index (χ4v) is 0.896. The third kappa shape index (κ3) is 3.20. The van der Waals surface area contributed by atoms with Crippen LogP contribution in [0.5, 0.6) is 0 Å². The van der Waals surface area contributed by atoms with Gasteiger partial charge in [-0.15, -0.1) is 12.4 Å². The number of benzene rings is 1. The maximum absolute atomic E-state index is 12.2. The Bertz CT molecular complexity index is 339. The Labute approximate surface area is 87.9 Å². The zero-order valence-electron chi connectivity index (χ0n) is 8.43. The van der Waals surface area contributed by atoms with Crippen molar-refractivity contribution in [2.45, 2.75) is 19.1 Å². The van der Waals surface area contributed by atoms with Gasteiger partial charge in [-0.05, 0) is 24.6 Å². The second-order valence-electron chi connectivity index (χ2n) is 2.82. The largest absolute Gasteiger partial charge is 0.416 e. The zero-order chi connectivity index (χ0) is 10.9. The Kier molecular flexibility index (Phi) is 3.77. The van der Waals surface area contributed by atoms with Gasteiger partial charge in [0.05, 0.1) is 6.93 Å². The van der Waals surface area contributed by atoms with Crippen molar-refractivity contribution in [2.24, 2.45) is 5.73 Å². The zero-order valence-corrected chi connectivity index (χ0v) is 8.25. The quantitative estimate of drug-likeness (QED) is 0.782. The van der Waals surface area contributed by atoms with E-state index >= 15 is 0 Å². The first kappa shape index (κ1) is 11.3. The minimum atomic E-state index is -4.40. The van der Waals surface area contributed by atoms with Crippen molar-refractivity contribution >= 4 is 12.4 Å². The monoisotopic (exact) mass is 226 g/mol. The van der Waals surface area contributed by atoms with Crippen LogP contribution in [0.15, 0.2) is 24.2 Å². The van der Waals surface area contributed by atoms with E-state index in [1.165, 1.54) is 6.07 Å². The second kappa shape index (κ2) is 4.66. The lowest BCUT2D eigenvalue weighted by molar-refractivity contribution is -0.137. The van der Waals surface area contributed by atoms with Crippen LogP contribution < -0.4 is 5.73 Å². The SMILES string of the molecule is Cl.[2H]c1cc(C(F)(F)F)ccc1C(C)N. The molecule has 0 aliphatic heterocycles. The normalized spacial score (nSPS) is 14.2. The maximum Gasteiger partial charge on any atom is 0.416 e. The van der Waals surface area contributed by atoms with Gasteiger partial charge in [0.2, 0.25) is 0 Å². The van der Waals surface area contributed by atoms with Crippen LogP contribution in [0.4, 0.5) is 13.2 Å². The van der Waals surface area contributed by atoms with Gasteiger partial charge in [0.25, 0.3) is 0 Å². The molecule has 0 saturated heterocycles. The molecule has 0 bridgehead atoms. The van der Waals surface area contributed by atoms with Gasteiger partial charge < -0.3 is 5.73 Å². The first-order valence-electron chi connectivity index (χ1n) is 4.25. The average Bonchev–Trinajstić information content (AvgIpc) is 2.01. The molecule has 0 radical (unpaired) electrons. The summed E-state index contributed by atoms with van der Waals surface area (Å²) in [5, 5.41) is 0. The molecule has 1 nitrogen and oxygen atoms in total. The molecule has 1 unspecified atom stereocenters. The first-order valence-corrected chi connectivity index (χ1v) is 3.75. The highest BCUT2D eigenvalue weighted by Crippen LogP contribution is 2.29. The lowest BCUT2D eigenvalue weighted by Gasteiger charge is -2.09. The lowest BCUT2D eigenvalue weighted by Crippen LogP contribution is -2.07. The number of rotatable bonds is 1. The van der Waals surface area contributed by atoms with E-state index in [0.717, 1.165) is 12.1 Å². The molecule has 1 atom stereocenters. The number of halogens is 4. The van der Waals surface area contributed by atoms with Crippen molar-refractivity contribution in [3.8, 4) is 0 Å². The third-order valence-corrected chi connectivity index (χ3v) is 1.65. The van der Waals surface area contributed by atoms with Crippen molar-refractivity contribution < 1.29 is 14.5 Å². The third-order valence-electron chi connectivity index (χ3n) is 1.65. The molecular weight excluding hydrogens is 215 g/mol. The summed E-state index contributed by atoms with van der Waals surface area (Å²) in [5.74, 6) is 0. The molecular formula is C9H11ClF3N. The molecule has 1 rings (SSSR count). The number of nitrogens with two attached hydrogens (primary N) is 1. The summed E-state index contributed by atoms with van der Waals surface area (Å²) < 4.78 is 43.9. The molecule has 0 spiro atoms. The van der Waals surface area contributed by atoms with Gasteiger partial charge in [-0.1, -0.05) is 12.1 Å². The molecule has 5 heteroatoms. The molecule has 80 valence electrons. The Morgan fingerprint density at radius 2 is 1.93 bits per heavy atom. The Hall–Kier alpha value is -0.740. The molecule has 1 aromatic rings. The molecule has 0 aromatic heterocycles. The average molecular weight is 227 g/mol. The molecule has 2 N–H and O–H groups in total. The summed E-state index contributed by atoms with van der Waals surface area (Å²) >= 11 is 0. The van der Waals surface area contributed by atoms with Crippen LogP contribution in [0.25, 0.3) is 0 Å². The standard InChI is InChI=1S/C9H10F3N.ClH/c1-6(13)7-2-4-8(5-3-7)9(10,11)12;/h2-6H,13H2,1H3;1H/i2D;. The van der Waals surface area contributed by atoms with Crippen molar-refractivity contribution in [1.82, 2.24) is 0 Å². The van der Waals surface area contributed by atoms with Crippen LogP contribution in [0.1, 0.15) is 25.5 Å². The highest BCUT2D eigenvalue weighted by molar-refractivity contribution is 5.85. The van der Waals surface area contributed by atoms with E-state index in [0.29, 0.717) is 5.56 Å². The molecule has 0 aliphatic rings. The second-order valence-corrected chi connectivity index (χ2v) is 2.82. The predicted molar refractivity (Wildman–Crippen MR) is 51.3 cm³/mol. The van der Waals surface area contributed by atoms with Crippen LogP contribution >= 0.6 is 12.4 Å².